The number of ether oxygens (including phenoxy) is 2. The van der Waals surface area contributed by atoms with Gasteiger partial charge in [-0.15, -0.1) is 0 Å². The van der Waals surface area contributed by atoms with Crippen LogP contribution in [0.25, 0.3) is 0 Å². The number of thioether (sulfide) groups is 1. The summed E-state index contributed by atoms with van der Waals surface area (Å²) < 4.78 is 10.6. The fourth-order valence-corrected chi connectivity index (χ4v) is 2.93. The van der Waals surface area contributed by atoms with Gasteiger partial charge in [-0.3, -0.25) is 0 Å². The number of rotatable bonds is 15. The van der Waals surface area contributed by atoms with Crippen LogP contribution in [0.15, 0.2) is 0 Å². The molecule has 6 heteroatoms. The summed E-state index contributed by atoms with van der Waals surface area (Å²) in [5.41, 5.74) is -0.108. The summed E-state index contributed by atoms with van der Waals surface area (Å²) in [4.78, 5) is 24.2. The van der Waals surface area contributed by atoms with E-state index in [9.17, 15) is 9.59 Å². The van der Waals surface area contributed by atoms with Crippen LogP contribution < -0.4 is 5.32 Å². The summed E-state index contributed by atoms with van der Waals surface area (Å²) in [6.07, 6.45) is 11.6. The van der Waals surface area contributed by atoms with Crippen molar-refractivity contribution in [3.63, 3.8) is 0 Å². The molecule has 0 aromatic carbocycles. The number of nitrogens with one attached hydrogen (secondary N) is 1. The molecule has 0 saturated carbocycles. The van der Waals surface area contributed by atoms with Crippen molar-refractivity contribution in [2.75, 3.05) is 25.2 Å². The first kappa shape index (κ1) is 26.1. The van der Waals surface area contributed by atoms with Crippen LogP contribution >= 0.6 is 11.8 Å². The quantitative estimate of drug-likeness (QED) is 0.286. The molecule has 5 nitrogen and oxygen atoms in total. The number of carbonyl (C=O) groups excluding carboxylic acids is 2. The van der Waals surface area contributed by atoms with Crippen molar-refractivity contribution >= 4 is 23.8 Å². The Morgan fingerprint density at radius 1 is 0.963 bits per heavy atom. The first-order valence-corrected chi connectivity index (χ1v) is 11.8. The summed E-state index contributed by atoms with van der Waals surface area (Å²) in [5.74, 6) is 0.413. The first-order chi connectivity index (χ1) is 12.8. The van der Waals surface area contributed by atoms with Gasteiger partial charge < -0.3 is 14.8 Å². The predicted octanol–water partition coefficient (Wildman–Crippen LogP) is 5.56. The molecule has 0 radical (unpaired) electrons. The third-order valence-electron chi connectivity index (χ3n) is 4.07. The van der Waals surface area contributed by atoms with E-state index in [4.69, 9.17) is 9.47 Å². The lowest BCUT2D eigenvalue weighted by Gasteiger charge is -2.21. The number of esters is 1. The van der Waals surface area contributed by atoms with Crippen molar-refractivity contribution in [3.05, 3.63) is 0 Å². The molecule has 0 aliphatic carbocycles. The Morgan fingerprint density at radius 3 is 2.11 bits per heavy atom. The van der Waals surface area contributed by atoms with E-state index in [-0.39, 0.29) is 11.4 Å². The monoisotopic (exact) mass is 403 g/mol. The van der Waals surface area contributed by atoms with E-state index in [0.29, 0.717) is 19.6 Å². The molecular formula is C21H41NO4S. The summed E-state index contributed by atoms with van der Waals surface area (Å²) >= 11 is 1.64. The zero-order valence-electron chi connectivity index (χ0n) is 18.1. The molecule has 1 N–H and O–H groups in total. The number of unbranched alkanes of at least 4 members (excludes halogenated alkanes) is 7. The van der Waals surface area contributed by atoms with Gasteiger partial charge in [0.2, 0.25) is 0 Å². The van der Waals surface area contributed by atoms with Gasteiger partial charge in [-0.2, -0.15) is 11.8 Å². The lowest BCUT2D eigenvalue weighted by Crippen LogP contribution is -2.43. The Hall–Kier alpha value is -0.910. The van der Waals surface area contributed by atoms with Gasteiger partial charge in [-0.25, -0.2) is 9.59 Å². The predicted molar refractivity (Wildman–Crippen MR) is 114 cm³/mol. The maximum absolute atomic E-state index is 12.3. The molecular weight excluding hydrogens is 362 g/mol. The SMILES string of the molecule is CCCCCCCCCCOC(=O)C(CCSC)NC(=O)OCC(C)(C)C. The highest BCUT2D eigenvalue weighted by Gasteiger charge is 2.23. The zero-order valence-corrected chi connectivity index (χ0v) is 18.9. The van der Waals surface area contributed by atoms with Crippen molar-refractivity contribution in [2.45, 2.75) is 91.5 Å². The van der Waals surface area contributed by atoms with Crippen molar-refractivity contribution < 1.29 is 19.1 Å². The number of carbonyl (C=O) groups is 2. The van der Waals surface area contributed by atoms with Crippen LogP contribution in [0.5, 0.6) is 0 Å². The Kier molecular flexibility index (Phi) is 15.5. The van der Waals surface area contributed by atoms with E-state index in [0.717, 1.165) is 18.6 Å². The Balaban J connectivity index is 4.06. The van der Waals surface area contributed by atoms with Crippen LogP contribution in [-0.4, -0.2) is 43.3 Å². The minimum atomic E-state index is -0.640. The molecule has 0 spiro atoms. The molecule has 0 aliphatic heterocycles. The summed E-state index contributed by atoms with van der Waals surface area (Å²) in [7, 11) is 0. The minimum absolute atomic E-state index is 0.108. The molecule has 0 aromatic rings. The zero-order chi connectivity index (χ0) is 20.5. The summed E-state index contributed by atoms with van der Waals surface area (Å²) in [6.45, 7) is 8.92. The molecule has 0 aromatic heterocycles. The topological polar surface area (TPSA) is 64.6 Å². The van der Waals surface area contributed by atoms with Gasteiger partial charge in [-0.1, -0.05) is 72.6 Å². The summed E-state index contributed by atoms with van der Waals surface area (Å²) in [6, 6.07) is -0.640. The van der Waals surface area contributed by atoms with Crippen molar-refractivity contribution in [1.29, 1.82) is 0 Å². The smallest absolute Gasteiger partial charge is 0.407 e. The second-order valence-corrected chi connectivity index (χ2v) is 9.24. The third kappa shape index (κ3) is 17.0. The Bertz CT molecular complexity index is 396. The normalized spacial score (nSPS) is 12.5. The molecule has 0 saturated heterocycles. The molecule has 0 heterocycles. The third-order valence-corrected chi connectivity index (χ3v) is 4.71. The fraction of sp³-hybridized carbons (Fsp3) is 0.905. The number of alkyl carbamates (subject to hydrolysis) is 1. The molecule has 0 aliphatic rings. The van der Waals surface area contributed by atoms with Crippen LogP contribution in [-0.2, 0) is 14.3 Å². The van der Waals surface area contributed by atoms with E-state index in [1.807, 2.05) is 27.0 Å². The van der Waals surface area contributed by atoms with Crippen LogP contribution in [0.1, 0.15) is 85.5 Å². The highest BCUT2D eigenvalue weighted by Crippen LogP contribution is 2.13. The largest absolute Gasteiger partial charge is 0.464 e. The van der Waals surface area contributed by atoms with Crippen molar-refractivity contribution in [3.8, 4) is 0 Å². The number of hydrogen-bond donors (Lipinski definition) is 1. The average molecular weight is 404 g/mol. The molecule has 160 valence electrons. The maximum atomic E-state index is 12.3. The van der Waals surface area contributed by atoms with Gasteiger partial charge >= 0.3 is 12.1 Å². The maximum Gasteiger partial charge on any atom is 0.407 e. The Morgan fingerprint density at radius 2 is 1.56 bits per heavy atom. The molecule has 0 fully saturated rings. The van der Waals surface area contributed by atoms with Crippen molar-refractivity contribution in [1.82, 2.24) is 5.32 Å². The van der Waals surface area contributed by atoms with Gasteiger partial charge in [0.15, 0.2) is 0 Å². The lowest BCUT2D eigenvalue weighted by atomic mass is 9.99. The van der Waals surface area contributed by atoms with Gasteiger partial charge in [0.1, 0.15) is 6.04 Å². The van der Waals surface area contributed by atoms with E-state index in [2.05, 4.69) is 12.2 Å². The Labute approximate surface area is 170 Å². The lowest BCUT2D eigenvalue weighted by molar-refractivity contribution is -0.146. The van der Waals surface area contributed by atoms with E-state index in [1.165, 1.54) is 38.5 Å². The molecule has 1 atom stereocenters. The van der Waals surface area contributed by atoms with Gasteiger partial charge in [0.25, 0.3) is 0 Å². The molecule has 1 unspecified atom stereocenters. The second-order valence-electron chi connectivity index (χ2n) is 8.26. The summed E-state index contributed by atoms with van der Waals surface area (Å²) in [5, 5.41) is 2.66. The van der Waals surface area contributed by atoms with Crippen molar-refractivity contribution in [2.24, 2.45) is 5.41 Å². The fourth-order valence-electron chi connectivity index (χ4n) is 2.46. The first-order valence-electron chi connectivity index (χ1n) is 10.4. The molecule has 1 amide bonds. The van der Waals surface area contributed by atoms with E-state index < -0.39 is 12.1 Å². The highest BCUT2D eigenvalue weighted by atomic mass is 32.2. The van der Waals surface area contributed by atoms with Gasteiger partial charge in [0, 0.05) is 0 Å². The van der Waals surface area contributed by atoms with Gasteiger partial charge in [0.05, 0.1) is 13.2 Å². The van der Waals surface area contributed by atoms with Gasteiger partial charge in [-0.05, 0) is 30.3 Å². The molecule has 0 rings (SSSR count). The molecule has 0 bridgehead atoms. The number of hydrogen-bond acceptors (Lipinski definition) is 5. The van der Waals surface area contributed by atoms with Crippen LogP contribution in [0.4, 0.5) is 4.79 Å². The van der Waals surface area contributed by atoms with Crippen LogP contribution in [0.2, 0.25) is 0 Å². The van der Waals surface area contributed by atoms with E-state index in [1.54, 1.807) is 11.8 Å². The molecule has 27 heavy (non-hydrogen) atoms. The second kappa shape index (κ2) is 16.1. The highest BCUT2D eigenvalue weighted by molar-refractivity contribution is 7.98. The number of amides is 1. The van der Waals surface area contributed by atoms with E-state index >= 15 is 0 Å². The van der Waals surface area contributed by atoms with Crippen LogP contribution in [0, 0.1) is 5.41 Å². The standard InChI is InChI=1S/C21H41NO4S/c1-6-7-8-9-10-11-12-13-15-25-19(23)18(14-16-27-5)22-20(24)26-17-21(2,3)4/h18H,6-17H2,1-5H3,(H,22,24). The average Bonchev–Trinajstić information content (AvgIpc) is 2.61. The van der Waals surface area contributed by atoms with Crippen LogP contribution in [0.3, 0.4) is 0 Å². The minimum Gasteiger partial charge on any atom is -0.464 e.